The van der Waals surface area contributed by atoms with E-state index < -0.39 is 5.97 Å². The number of carboxylic acid groups (broad SMARTS) is 1. The van der Waals surface area contributed by atoms with Gasteiger partial charge >= 0.3 is 5.97 Å². The normalized spacial score (nSPS) is 9.75. The first-order valence-corrected chi connectivity index (χ1v) is 3.34. The number of aromatic nitrogens is 2. The van der Waals surface area contributed by atoms with E-state index in [-0.39, 0.29) is 12.1 Å². The highest BCUT2D eigenvalue weighted by molar-refractivity contribution is 5.66. The number of nitrogens with zero attached hydrogens (tertiary/aromatic N) is 2. The Morgan fingerprint density at radius 1 is 1.75 bits per heavy atom. The summed E-state index contributed by atoms with van der Waals surface area (Å²) >= 11 is 0. The van der Waals surface area contributed by atoms with Crippen molar-refractivity contribution in [3.63, 3.8) is 0 Å². The van der Waals surface area contributed by atoms with E-state index in [1.54, 1.807) is 6.92 Å². The van der Waals surface area contributed by atoms with Crippen LogP contribution < -0.4 is 5.56 Å². The summed E-state index contributed by atoms with van der Waals surface area (Å²) in [7, 11) is 0. The monoisotopic (exact) mass is 168 g/mol. The average molecular weight is 168 g/mol. The lowest BCUT2D eigenvalue weighted by Gasteiger charge is -1.99. The molecule has 0 unspecified atom stereocenters. The SMILES string of the molecule is Cc1cc(=O)n(CC(=O)O)cn1. The van der Waals surface area contributed by atoms with Crippen LogP contribution in [0.2, 0.25) is 0 Å². The minimum absolute atomic E-state index is 0.341. The van der Waals surface area contributed by atoms with Gasteiger partial charge in [-0.1, -0.05) is 0 Å². The molecule has 0 bridgehead atoms. The lowest BCUT2D eigenvalue weighted by atomic mass is 10.4. The molecular formula is C7H8N2O3. The lowest BCUT2D eigenvalue weighted by Crippen LogP contribution is -2.23. The van der Waals surface area contributed by atoms with Gasteiger partial charge in [-0.15, -0.1) is 0 Å². The maximum atomic E-state index is 11.0. The number of aryl methyl sites for hydroxylation is 1. The van der Waals surface area contributed by atoms with Gasteiger partial charge in [0.15, 0.2) is 0 Å². The molecule has 1 N–H and O–H groups in total. The molecule has 0 aliphatic carbocycles. The highest BCUT2D eigenvalue weighted by atomic mass is 16.4. The van der Waals surface area contributed by atoms with Crippen LogP contribution in [0.3, 0.4) is 0 Å². The van der Waals surface area contributed by atoms with Gasteiger partial charge in [0.2, 0.25) is 0 Å². The van der Waals surface area contributed by atoms with Gasteiger partial charge in [0.1, 0.15) is 6.54 Å². The molecule has 1 rings (SSSR count). The second-order valence-electron chi connectivity index (χ2n) is 2.39. The standard InChI is InChI=1S/C7H8N2O3/c1-5-2-6(10)9(4-8-5)3-7(11)12/h2,4H,3H2,1H3,(H,11,12). The molecule has 0 spiro atoms. The third-order valence-electron chi connectivity index (χ3n) is 1.32. The molecule has 0 saturated heterocycles. The first-order chi connectivity index (χ1) is 5.59. The Morgan fingerprint density at radius 3 is 2.92 bits per heavy atom. The first kappa shape index (κ1) is 8.45. The van der Waals surface area contributed by atoms with Crippen molar-refractivity contribution in [2.24, 2.45) is 0 Å². The molecule has 0 atom stereocenters. The number of hydrogen-bond acceptors (Lipinski definition) is 3. The zero-order chi connectivity index (χ0) is 9.14. The summed E-state index contributed by atoms with van der Waals surface area (Å²) in [6.45, 7) is 1.33. The van der Waals surface area contributed by atoms with E-state index in [0.29, 0.717) is 5.69 Å². The summed E-state index contributed by atoms with van der Waals surface area (Å²) in [4.78, 5) is 25.0. The molecule has 0 aliphatic rings. The van der Waals surface area contributed by atoms with Crippen LogP contribution >= 0.6 is 0 Å². The zero-order valence-electron chi connectivity index (χ0n) is 6.52. The Kier molecular flexibility index (Phi) is 2.23. The molecule has 1 aromatic heterocycles. The number of carboxylic acids is 1. The maximum Gasteiger partial charge on any atom is 0.323 e. The topological polar surface area (TPSA) is 72.2 Å². The molecule has 0 amide bonds. The molecule has 0 aliphatic heterocycles. The van der Waals surface area contributed by atoms with Crippen molar-refractivity contribution in [3.8, 4) is 0 Å². The fraction of sp³-hybridized carbons (Fsp3) is 0.286. The second-order valence-corrected chi connectivity index (χ2v) is 2.39. The van der Waals surface area contributed by atoms with Crippen LogP contribution in [0, 0.1) is 6.92 Å². The highest BCUT2D eigenvalue weighted by Crippen LogP contribution is 1.84. The summed E-state index contributed by atoms with van der Waals surface area (Å²) in [5, 5.41) is 8.37. The molecule has 12 heavy (non-hydrogen) atoms. The Morgan fingerprint density at radius 2 is 2.42 bits per heavy atom. The Labute approximate surface area is 68.3 Å². The van der Waals surface area contributed by atoms with Crippen molar-refractivity contribution in [1.82, 2.24) is 9.55 Å². The van der Waals surface area contributed by atoms with Crippen molar-refractivity contribution in [3.05, 3.63) is 28.4 Å². The molecule has 64 valence electrons. The van der Waals surface area contributed by atoms with Gasteiger partial charge < -0.3 is 5.11 Å². The van der Waals surface area contributed by atoms with Crippen molar-refractivity contribution in [2.45, 2.75) is 13.5 Å². The fourth-order valence-electron chi connectivity index (χ4n) is 0.781. The van der Waals surface area contributed by atoms with Crippen molar-refractivity contribution >= 4 is 5.97 Å². The zero-order valence-corrected chi connectivity index (χ0v) is 6.52. The number of hydrogen-bond donors (Lipinski definition) is 1. The molecule has 0 fully saturated rings. The molecule has 0 saturated carbocycles. The molecule has 5 nitrogen and oxygen atoms in total. The van der Waals surface area contributed by atoms with Gasteiger partial charge in [0.05, 0.1) is 6.33 Å². The van der Waals surface area contributed by atoms with Gasteiger partial charge in [-0.3, -0.25) is 14.2 Å². The maximum absolute atomic E-state index is 11.0. The van der Waals surface area contributed by atoms with E-state index >= 15 is 0 Å². The van der Waals surface area contributed by atoms with Crippen molar-refractivity contribution < 1.29 is 9.90 Å². The third-order valence-corrected chi connectivity index (χ3v) is 1.32. The fourth-order valence-corrected chi connectivity index (χ4v) is 0.781. The van der Waals surface area contributed by atoms with E-state index in [1.165, 1.54) is 12.4 Å². The largest absolute Gasteiger partial charge is 0.480 e. The van der Waals surface area contributed by atoms with Gasteiger partial charge in [-0.2, -0.15) is 0 Å². The predicted octanol–water partition coefficient (Wildman–Crippen LogP) is -0.364. The predicted molar refractivity (Wildman–Crippen MR) is 40.9 cm³/mol. The van der Waals surface area contributed by atoms with Crippen LogP contribution in [0.15, 0.2) is 17.2 Å². The van der Waals surface area contributed by atoms with E-state index in [1.807, 2.05) is 0 Å². The van der Waals surface area contributed by atoms with Crippen LogP contribution in [-0.4, -0.2) is 20.6 Å². The minimum Gasteiger partial charge on any atom is -0.480 e. The minimum atomic E-state index is -1.05. The molecular weight excluding hydrogens is 160 g/mol. The third kappa shape index (κ3) is 1.91. The quantitative estimate of drug-likeness (QED) is 0.654. The molecule has 1 heterocycles. The molecule has 0 radical (unpaired) electrons. The van der Waals surface area contributed by atoms with Gasteiger partial charge in [-0.05, 0) is 6.92 Å². The second kappa shape index (κ2) is 3.17. The summed E-state index contributed by atoms with van der Waals surface area (Å²) < 4.78 is 1.04. The Bertz CT molecular complexity index is 356. The Hall–Kier alpha value is -1.65. The van der Waals surface area contributed by atoms with Crippen molar-refractivity contribution in [2.75, 3.05) is 0 Å². The van der Waals surface area contributed by atoms with E-state index in [9.17, 15) is 9.59 Å². The summed E-state index contributed by atoms with van der Waals surface area (Å²) in [6, 6.07) is 1.29. The summed E-state index contributed by atoms with van der Waals surface area (Å²) in [5.41, 5.74) is 0.242. The van der Waals surface area contributed by atoms with E-state index in [4.69, 9.17) is 5.11 Å². The smallest absolute Gasteiger partial charge is 0.323 e. The Balaban J connectivity index is 3.02. The number of carbonyl (C=O) groups is 1. The van der Waals surface area contributed by atoms with Crippen molar-refractivity contribution in [1.29, 1.82) is 0 Å². The van der Waals surface area contributed by atoms with E-state index in [0.717, 1.165) is 4.57 Å². The van der Waals surface area contributed by atoms with Gasteiger partial charge in [0.25, 0.3) is 5.56 Å². The highest BCUT2D eigenvalue weighted by Gasteiger charge is 2.00. The van der Waals surface area contributed by atoms with Crippen LogP contribution in [-0.2, 0) is 11.3 Å². The van der Waals surface area contributed by atoms with Crippen LogP contribution in [0.4, 0.5) is 0 Å². The lowest BCUT2D eigenvalue weighted by molar-refractivity contribution is -0.137. The average Bonchev–Trinajstić information content (AvgIpc) is 1.94. The molecule has 5 heteroatoms. The summed E-state index contributed by atoms with van der Waals surface area (Å²) in [5.74, 6) is -1.05. The number of rotatable bonds is 2. The van der Waals surface area contributed by atoms with Crippen LogP contribution in [0.25, 0.3) is 0 Å². The molecule has 1 aromatic rings. The van der Waals surface area contributed by atoms with E-state index in [2.05, 4.69) is 4.98 Å². The van der Waals surface area contributed by atoms with Gasteiger partial charge in [0, 0.05) is 11.8 Å². The number of aliphatic carboxylic acids is 1. The summed E-state index contributed by atoms with van der Waals surface area (Å²) in [6.07, 6.45) is 1.23. The molecule has 0 aromatic carbocycles. The van der Waals surface area contributed by atoms with Gasteiger partial charge in [-0.25, -0.2) is 4.98 Å². The van der Waals surface area contributed by atoms with Crippen LogP contribution in [0.5, 0.6) is 0 Å². The first-order valence-electron chi connectivity index (χ1n) is 3.34. The van der Waals surface area contributed by atoms with Crippen LogP contribution in [0.1, 0.15) is 5.69 Å².